The predicted octanol–water partition coefficient (Wildman–Crippen LogP) is 3.28. The van der Waals surface area contributed by atoms with Gasteiger partial charge in [-0.25, -0.2) is 8.42 Å². The van der Waals surface area contributed by atoms with E-state index in [1.807, 2.05) is 18.2 Å². The van der Waals surface area contributed by atoms with Crippen molar-refractivity contribution < 1.29 is 13.7 Å². The summed E-state index contributed by atoms with van der Waals surface area (Å²) in [5.41, 5.74) is 2.21. The van der Waals surface area contributed by atoms with E-state index in [2.05, 4.69) is 55.1 Å². The molecule has 4 rings (SSSR count). The first-order chi connectivity index (χ1) is 12.8. The van der Waals surface area contributed by atoms with Gasteiger partial charge in [0.05, 0.1) is 10.4 Å². The van der Waals surface area contributed by atoms with Crippen LogP contribution in [0.3, 0.4) is 0 Å². The van der Waals surface area contributed by atoms with Crippen molar-refractivity contribution in [2.75, 3.05) is 0 Å². The second-order valence-electron chi connectivity index (χ2n) is 8.26. The molecule has 3 N–H and O–H groups in total. The predicted molar refractivity (Wildman–Crippen MR) is 108 cm³/mol. The molecule has 0 aliphatic heterocycles. The Kier molecular flexibility index (Phi) is 4.34. The third-order valence-electron chi connectivity index (χ3n) is 5.04. The van der Waals surface area contributed by atoms with Gasteiger partial charge in [0.2, 0.25) is 10.0 Å². The second kappa shape index (κ2) is 6.44. The molecular formula is C22H25N2O2S+. The van der Waals surface area contributed by atoms with E-state index >= 15 is 0 Å². The number of hydrogen-bond donors (Lipinski definition) is 2. The van der Waals surface area contributed by atoms with Crippen molar-refractivity contribution in [2.24, 2.45) is 0 Å². The topological polar surface area (TPSA) is 62.8 Å². The number of sulfonamides is 1. The van der Waals surface area contributed by atoms with Crippen LogP contribution < -0.4 is 10.0 Å². The summed E-state index contributed by atoms with van der Waals surface area (Å²) in [5.74, 6) is 0. The van der Waals surface area contributed by atoms with Crippen LogP contribution in [0.4, 0.5) is 0 Å². The van der Waals surface area contributed by atoms with Crippen molar-refractivity contribution in [3.05, 3.63) is 77.9 Å². The molecule has 1 aliphatic carbocycles. The first kappa shape index (κ1) is 18.2. The van der Waals surface area contributed by atoms with E-state index in [9.17, 15) is 8.42 Å². The Balaban J connectivity index is 1.82. The Morgan fingerprint density at radius 3 is 2.11 bits per heavy atom. The number of nitrogens with two attached hydrogens (primary N) is 1. The van der Waals surface area contributed by atoms with E-state index in [1.165, 1.54) is 10.9 Å². The van der Waals surface area contributed by atoms with Crippen LogP contribution >= 0.6 is 0 Å². The first-order valence-electron chi connectivity index (χ1n) is 9.21. The molecule has 27 heavy (non-hydrogen) atoms. The number of benzene rings is 3. The van der Waals surface area contributed by atoms with Gasteiger partial charge in [-0.2, -0.15) is 4.72 Å². The summed E-state index contributed by atoms with van der Waals surface area (Å²) >= 11 is 0. The van der Waals surface area contributed by atoms with E-state index in [0.717, 1.165) is 10.9 Å². The van der Waals surface area contributed by atoms with Gasteiger partial charge in [0.1, 0.15) is 12.1 Å². The van der Waals surface area contributed by atoms with E-state index in [1.54, 1.807) is 24.3 Å². The fraction of sp³-hybridized carbons (Fsp3) is 0.273. The first-order valence-corrected chi connectivity index (χ1v) is 10.7. The molecule has 4 nitrogen and oxygen atoms in total. The lowest BCUT2D eigenvalue weighted by molar-refractivity contribution is -0.756. The lowest BCUT2D eigenvalue weighted by atomic mass is 10.0. The van der Waals surface area contributed by atoms with Crippen LogP contribution in [0.5, 0.6) is 0 Å². The van der Waals surface area contributed by atoms with Gasteiger partial charge in [-0.1, -0.05) is 54.6 Å². The third-order valence-corrected chi connectivity index (χ3v) is 6.49. The van der Waals surface area contributed by atoms with Crippen molar-refractivity contribution in [1.82, 2.24) is 4.72 Å². The molecule has 0 bridgehead atoms. The Hall–Kier alpha value is -2.21. The van der Waals surface area contributed by atoms with E-state index in [0.29, 0.717) is 4.90 Å². The highest BCUT2D eigenvalue weighted by Gasteiger charge is 2.41. The molecule has 0 saturated heterocycles. The summed E-state index contributed by atoms with van der Waals surface area (Å²) in [6, 6.07) is 20.7. The van der Waals surface area contributed by atoms with Crippen molar-refractivity contribution in [1.29, 1.82) is 0 Å². The minimum Gasteiger partial charge on any atom is -0.334 e. The fourth-order valence-corrected chi connectivity index (χ4v) is 5.27. The van der Waals surface area contributed by atoms with Crippen LogP contribution in [0, 0.1) is 0 Å². The van der Waals surface area contributed by atoms with Gasteiger partial charge >= 0.3 is 0 Å². The van der Waals surface area contributed by atoms with Crippen LogP contribution in [0.1, 0.15) is 44.0 Å². The van der Waals surface area contributed by atoms with E-state index < -0.39 is 10.0 Å². The number of rotatable bonds is 4. The van der Waals surface area contributed by atoms with E-state index in [-0.39, 0.29) is 17.6 Å². The molecule has 0 amide bonds. The lowest BCUT2D eigenvalue weighted by Gasteiger charge is -2.28. The Bertz CT molecular complexity index is 1080. The SMILES string of the molecule is CC(C)(C)[NH2+][C@@H]1c2cccc3cccc(c23)[C@H]1NS(=O)(=O)c1ccccc1. The molecule has 0 unspecified atom stereocenters. The average Bonchev–Trinajstić information content (AvgIpc) is 2.90. The maximum absolute atomic E-state index is 13.0. The second-order valence-corrected chi connectivity index (χ2v) is 9.98. The minimum atomic E-state index is -3.62. The summed E-state index contributed by atoms with van der Waals surface area (Å²) in [5, 5.41) is 4.59. The van der Waals surface area contributed by atoms with Gasteiger partial charge < -0.3 is 5.32 Å². The zero-order valence-electron chi connectivity index (χ0n) is 15.8. The van der Waals surface area contributed by atoms with Crippen molar-refractivity contribution in [3.8, 4) is 0 Å². The van der Waals surface area contributed by atoms with Crippen molar-refractivity contribution >= 4 is 20.8 Å². The fourth-order valence-electron chi connectivity index (χ4n) is 4.01. The number of quaternary nitrogens is 1. The highest BCUT2D eigenvalue weighted by Crippen LogP contribution is 2.43. The zero-order chi connectivity index (χ0) is 19.2. The number of hydrogen-bond acceptors (Lipinski definition) is 2. The largest absolute Gasteiger partial charge is 0.334 e. The Morgan fingerprint density at radius 1 is 0.852 bits per heavy atom. The normalized spacial score (nSPS) is 19.5. The monoisotopic (exact) mass is 381 g/mol. The Morgan fingerprint density at radius 2 is 1.48 bits per heavy atom. The molecule has 0 saturated carbocycles. The van der Waals surface area contributed by atoms with Gasteiger partial charge in [0.15, 0.2) is 0 Å². The average molecular weight is 382 g/mol. The summed E-state index contributed by atoms with van der Waals surface area (Å²) < 4.78 is 29.1. The summed E-state index contributed by atoms with van der Waals surface area (Å²) in [6.07, 6.45) is 0. The summed E-state index contributed by atoms with van der Waals surface area (Å²) in [6.45, 7) is 6.45. The zero-order valence-corrected chi connectivity index (χ0v) is 16.6. The van der Waals surface area contributed by atoms with Gasteiger partial charge in [0.25, 0.3) is 0 Å². The molecule has 0 heterocycles. The number of nitrogens with one attached hydrogen (secondary N) is 1. The molecule has 3 aromatic rings. The molecule has 0 fully saturated rings. The van der Waals surface area contributed by atoms with Gasteiger partial charge in [0, 0.05) is 5.56 Å². The Labute approximate surface area is 160 Å². The lowest BCUT2D eigenvalue weighted by Crippen LogP contribution is -2.95. The highest BCUT2D eigenvalue weighted by atomic mass is 32.2. The molecule has 2 atom stereocenters. The van der Waals surface area contributed by atoms with Crippen molar-refractivity contribution in [2.45, 2.75) is 43.3 Å². The van der Waals surface area contributed by atoms with Crippen LogP contribution in [-0.4, -0.2) is 14.0 Å². The maximum Gasteiger partial charge on any atom is 0.241 e. The summed E-state index contributed by atoms with van der Waals surface area (Å²) in [7, 11) is -3.62. The molecular weight excluding hydrogens is 356 g/mol. The molecule has 1 aliphatic rings. The van der Waals surface area contributed by atoms with Crippen LogP contribution in [0.2, 0.25) is 0 Å². The van der Waals surface area contributed by atoms with E-state index in [4.69, 9.17) is 0 Å². The molecule has 0 aromatic heterocycles. The van der Waals surface area contributed by atoms with Gasteiger partial charge in [-0.05, 0) is 49.2 Å². The van der Waals surface area contributed by atoms with Gasteiger partial charge in [-0.3, -0.25) is 0 Å². The molecule has 140 valence electrons. The highest BCUT2D eigenvalue weighted by molar-refractivity contribution is 7.89. The minimum absolute atomic E-state index is 0.00964. The maximum atomic E-state index is 13.0. The third kappa shape index (κ3) is 3.38. The van der Waals surface area contributed by atoms with Crippen LogP contribution in [0.25, 0.3) is 10.8 Å². The molecule has 0 radical (unpaired) electrons. The molecule has 3 aromatic carbocycles. The van der Waals surface area contributed by atoms with Crippen LogP contribution in [-0.2, 0) is 10.0 Å². The van der Waals surface area contributed by atoms with Crippen LogP contribution in [0.15, 0.2) is 71.6 Å². The van der Waals surface area contributed by atoms with Gasteiger partial charge in [-0.15, -0.1) is 0 Å². The van der Waals surface area contributed by atoms with Crippen molar-refractivity contribution in [3.63, 3.8) is 0 Å². The molecule has 5 heteroatoms. The quantitative estimate of drug-likeness (QED) is 0.729. The smallest absolute Gasteiger partial charge is 0.241 e. The molecule has 0 spiro atoms. The summed E-state index contributed by atoms with van der Waals surface area (Å²) in [4.78, 5) is 0.294. The standard InChI is InChI=1S/C22H24N2O2S/c1-22(2,3)23-20-17-13-7-9-15-10-8-14-18(19(15)17)21(20)24-27(25,26)16-11-5-4-6-12-16/h4-14,20-21,23-24H,1-3H3/p+1/t20-,21-/m1/s1.